The van der Waals surface area contributed by atoms with Gasteiger partial charge in [0.2, 0.25) is 0 Å². The Morgan fingerprint density at radius 3 is 2.80 bits per heavy atom. The van der Waals surface area contributed by atoms with Gasteiger partial charge in [-0.25, -0.2) is 0 Å². The molecule has 1 unspecified atom stereocenters. The van der Waals surface area contributed by atoms with Crippen molar-refractivity contribution in [1.29, 1.82) is 0 Å². The summed E-state index contributed by atoms with van der Waals surface area (Å²) in [4.78, 5) is 4.70. The molecular formula is C7H15BNO. The molecule has 0 spiro atoms. The molecule has 1 radical (unpaired) electrons. The normalized spacial score (nSPS) is 12.5. The Balaban J connectivity index is 3.07. The molecule has 0 aliphatic rings. The zero-order valence-electron chi connectivity index (χ0n) is 6.84. The van der Waals surface area contributed by atoms with Gasteiger partial charge in [0.1, 0.15) is 0 Å². The summed E-state index contributed by atoms with van der Waals surface area (Å²) in [6, 6.07) is 0. The van der Waals surface area contributed by atoms with Gasteiger partial charge < -0.3 is 0 Å². The Kier molecular flexibility index (Phi) is 6.55. The summed E-state index contributed by atoms with van der Waals surface area (Å²) in [5.74, 6) is 0.576. The van der Waals surface area contributed by atoms with Crippen molar-refractivity contribution in [3.8, 4) is 0 Å². The standard InChI is InChI=1S/C7H15BNO/c1-3-4-5-7(2)6-10-9-8/h7H,3-6H2,1-2H3. The Morgan fingerprint density at radius 2 is 2.30 bits per heavy atom. The van der Waals surface area contributed by atoms with Crippen LogP contribution in [0.2, 0.25) is 0 Å². The summed E-state index contributed by atoms with van der Waals surface area (Å²) < 4.78 is 0. The predicted molar refractivity (Wildman–Crippen MR) is 42.8 cm³/mol. The summed E-state index contributed by atoms with van der Waals surface area (Å²) >= 11 is 0. The molecule has 0 N–H and O–H groups in total. The van der Waals surface area contributed by atoms with Crippen molar-refractivity contribution >= 4 is 7.64 Å². The monoisotopic (exact) mass is 140 g/mol. The quantitative estimate of drug-likeness (QED) is 0.408. The minimum absolute atomic E-state index is 0.576. The Labute approximate surface area is 64.0 Å². The zero-order chi connectivity index (χ0) is 7.82. The molecule has 0 saturated carbocycles. The second-order valence-electron chi connectivity index (χ2n) is 2.65. The van der Waals surface area contributed by atoms with Gasteiger partial charge in [-0.2, -0.15) is 0 Å². The fourth-order valence-electron chi connectivity index (χ4n) is 0.806. The van der Waals surface area contributed by atoms with Crippen LogP contribution < -0.4 is 0 Å². The van der Waals surface area contributed by atoms with E-state index in [1.165, 1.54) is 19.3 Å². The van der Waals surface area contributed by atoms with Crippen molar-refractivity contribution in [2.24, 2.45) is 11.0 Å². The number of unbranched alkanes of at least 4 members (excludes halogenated alkanes) is 1. The van der Waals surface area contributed by atoms with Gasteiger partial charge >= 0.3 is 63.2 Å². The molecule has 0 amide bonds. The van der Waals surface area contributed by atoms with Crippen LogP contribution in [0.4, 0.5) is 0 Å². The molecule has 0 saturated heterocycles. The van der Waals surface area contributed by atoms with Gasteiger partial charge in [-0.05, 0) is 0 Å². The van der Waals surface area contributed by atoms with Crippen LogP contribution in [0, 0.1) is 5.92 Å². The first-order valence-corrected chi connectivity index (χ1v) is 3.83. The van der Waals surface area contributed by atoms with E-state index in [-0.39, 0.29) is 0 Å². The number of rotatable bonds is 6. The molecule has 0 bridgehead atoms. The second-order valence-corrected chi connectivity index (χ2v) is 2.65. The van der Waals surface area contributed by atoms with Crippen molar-refractivity contribution < 1.29 is 4.84 Å². The first kappa shape index (κ1) is 9.66. The van der Waals surface area contributed by atoms with Gasteiger partial charge in [0.05, 0.1) is 0 Å². The molecule has 0 aliphatic heterocycles. The molecule has 0 aromatic rings. The van der Waals surface area contributed by atoms with Crippen molar-refractivity contribution in [1.82, 2.24) is 0 Å². The van der Waals surface area contributed by atoms with E-state index in [0.29, 0.717) is 12.5 Å². The Morgan fingerprint density at radius 1 is 1.60 bits per heavy atom. The molecule has 10 heavy (non-hydrogen) atoms. The third kappa shape index (κ3) is 5.80. The van der Waals surface area contributed by atoms with E-state index in [4.69, 9.17) is 12.5 Å². The first-order valence-electron chi connectivity index (χ1n) is 3.83. The summed E-state index contributed by atoms with van der Waals surface area (Å²) in [6.07, 6.45) is 3.70. The average Bonchev–Trinajstić information content (AvgIpc) is 1.97. The van der Waals surface area contributed by atoms with Crippen molar-refractivity contribution in [3.63, 3.8) is 0 Å². The molecule has 0 aliphatic carbocycles. The third-order valence-electron chi connectivity index (χ3n) is 1.48. The minimum atomic E-state index is 0.576. The molecule has 0 aromatic carbocycles. The van der Waals surface area contributed by atoms with Crippen molar-refractivity contribution in [3.05, 3.63) is 0 Å². The third-order valence-corrected chi connectivity index (χ3v) is 1.48. The van der Waals surface area contributed by atoms with Gasteiger partial charge in [-0.15, -0.1) is 0 Å². The number of hydrogen-bond acceptors (Lipinski definition) is 2. The van der Waals surface area contributed by atoms with E-state index in [1.807, 2.05) is 0 Å². The Bertz CT molecular complexity index is 87.7. The van der Waals surface area contributed by atoms with E-state index in [2.05, 4.69) is 18.9 Å². The topological polar surface area (TPSA) is 21.6 Å². The van der Waals surface area contributed by atoms with Crippen LogP contribution in [0.5, 0.6) is 0 Å². The van der Waals surface area contributed by atoms with Crippen LogP contribution in [0.3, 0.4) is 0 Å². The summed E-state index contributed by atoms with van der Waals surface area (Å²) in [5, 5.41) is 3.08. The maximum atomic E-state index is 4.81. The SMILES string of the molecule is [B]=NOCC(C)CCCC. The summed E-state index contributed by atoms with van der Waals surface area (Å²) in [5.41, 5.74) is 0. The van der Waals surface area contributed by atoms with Crippen LogP contribution in [-0.2, 0) is 4.84 Å². The molecule has 57 valence electrons. The van der Waals surface area contributed by atoms with E-state index in [0.717, 1.165) is 0 Å². The molecular weight excluding hydrogens is 125 g/mol. The van der Waals surface area contributed by atoms with Crippen LogP contribution in [0.1, 0.15) is 33.1 Å². The molecule has 0 heterocycles. The van der Waals surface area contributed by atoms with E-state index in [1.54, 1.807) is 0 Å². The molecule has 1 atom stereocenters. The molecule has 0 aromatic heterocycles. The van der Waals surface area contributed by atoms with Crippen LogP contribution in [0.15, 0.2) is 5.06 Å². The fraction of sp³-hybridized carbons (Fsp3) is 1.00. The summed E-state index contributed by atoms with van der Waals surface area (Å²) in [7, 11) is 4.81. The van der Waals surface area contributed by atoms with E-state index >= 15 is 0 Å². The zero-order valence-corrected chi connectivity index (χ0v) is 6.84. The van der Waals surface area contributed by atoms with Crippen LogP contribution >= 0.6 is 0 Å². The van der Waals surface area contributed by atoms with Gasteiger partial charge in [-0.1, -0.05) is 0 Å². The predicted octanol–water partition coefficient (Wildman–Crippen LogP) is 2.10. The summed E-state index contributed by atoms with van der Waals surface area (Å²) in [6.45, 7) is 4.97. The number of hydrogen-bond donors (Lipinski definition) is 0. The molecule has 3 heteroatoms. The molecule has 2 nitrogen and oxygen atoms in total. The molecule has 0 fully saturated rings. The number of nitrogens with zero attached hydrogens (tertiary/aromatic N) is 1. The van der Waals surface area contributed by atoms with E-state index < -0.39 is 0 Å². The van der Waals surface area contributed by atoms with Crippen LogP contribution in [-0.4, -0.2) is 14.2 Å². The van der Waals surface area contributed by atoms with Gasteiger partial charge in [-0.3, -0.25) is 0 Å². The van der Waals surface area contributed by atoms with Gasteiger partial charge in [0.15, 0.2) is 0 Å². The first-order chi connectivity index (χ1) is 4.81. The van der Waals surface area contributed by atoms with E-state index in [9.17, 15) is 0 Å². The second kappa shape index (κ2) is 6.78. The van der Waals surface area contributed by atoms with Gasteiger partial charge in [0, 0.05) is 0 Å². The fourth-order valence-corrected chi connectivity index (χ4v) is 0.806. The Hall–Kier alpha value is -0.335. The maximum absolute atomic E-state index is 4.81. The van der Waals surface area contributed by atoms with Crippen LogP contribution in [0.25, 0.3) is 0 Å². The van der Waals surface area contributed by atoms with Crippen molar-refractivity contribution in [2.45, 2.75) is 33.1 Å². The average molecular weight is 140 g/mol. The van der Waals surface area contributed by atoms with Crippen molar-refractivity contribution in [2.75, 3.05) is 6.61 Å². The van der Waals surface area contributed by atoms with Gasteiger partial charge in [0.25, 0.3) is 0 Å². The molecule has 0 rings (SSSR count).